The smallest absolute Gasteiger partial charge is 0.122 e. The molecule has 4 rings (SSSR count). The molecule has 3 fully saturated rings. The summed E-state index contributed by atoms with van der Waals surface area (Å²) in [4.78, 5) is 0. The van der Waals surface area contributed by atoms with Gasteiger partial charge in [-0.15, -0.1) is 0 Å². The Hall–Kier alpha value is -0.370. The van der Waals surface area contributed by atoms with E-state index in [2.05, 4.69) is 19.9 Å². The Balaban J connectivity index is 1.72. The van der Waals surface area contributed by atoms with Crippen molar-refractivity contribution in [3.63, 3.8) is 0 Å². The van der Waals surface area contributed by atoms with Gasteiger partial charge in [-0.1, -0.05) is 19.9 Å². The molecule has 0 amide bonds. The van der Waals surface area contributed by atoms with E-state index in [1.165, 1.54) is 19.3 Å². The molecule has 0 bridgehead atoms. The first-order valence-corrected chi connectivity index (χ1v) is 8.99. The number of rotatable bonds is 0. The lowest BCUT2D eigenvalue weighted by Crippen LogP contribution is -2.53. The Morgan fingerprint density at radius 2 is 1.95 bits per heavy atom. The SMILES string of the molecule is C[C@]12CC[C@H]3[C@@H](C[C@@H](F)C4=CCCC[C@@]43C)[C@@H]1CC[C@@H]2O. The topological polar surface area (TPSA) is 20.2 Å². The molecule has 4 aliphatic carbocycles. The second-order valence-electron chi connectivity index (χ2n) is 8.69. The van der Waals surface area contributed by atoms with Gasteiger partial charge in [0.25, 0.3) is 0 Å². The van der Waals surface area contributed by atoms with Gasteiger partial charge in [-0.05, 0) is 85.5 Å². The molecule has 0 heterocycles. The fourth-order valence-electron chi connectivity index (χ4n) is 6.74. The van der Waals surface area contributed by atoms with E-state index >= 15 is 0 Å². The maximum absolute atomic E-state index is 14.9. The summed E-state index contributed by atoms with van der Waals surface area (Å²) in [6.45, 7) is 4.61. The van der Waals surface area contributed by atoms with E-state index in [-0.39, 0.29) is 16.9 Å². The van der Waals surface area contributed by atoms with Crippen molar-refractivity contribution in [1.82, 2.24) is 0 Å². The molecule has 0 aromatic carbocycles. The molecule has 3 saturated carbocycles. The van der Waals surface area contributed by atoms with Crippen molar-refractivity contribution in [2.24, 2.45) is 28.6 Å². The molecule has 1 N–H and O–H groups in total. The first-order chi connectivity index (χ1) is 9.97. The van der Waals surface area contributed by atoms with Gasteiger partial charge < -0.3 is 5.11 Å². The monoisotopic (exact) mass is 292 g/mol. The third-order valence-electron chi connectivity index (χ3n) is 7.95. The number of halogens is 1. The van der Waals surface area contributed by atoms with E-state index in [9.17, 15) is 9.50 Å². The summed E-state index contributed by atoms with van der Waals surface area (Å²) >= 11 is 0. The van der Waals surface area contributed by atoms with Gasteiger partial charge >= 0.3 is 0 Å². The molecule has 1 nitrogen and oxygen atoms in total. The van der Waals surface area contributed by atoms with Gasteiger partial charge in [0.2, 0.25) is 0 Å². The van der Waals surface area contributed by atoms with Gasteiger partial charge in [-0.25, -0.2) is 4.39 Å². The fourth-order valence-corrected chi connectivity index (χ4v) is 6.74. The average molecular weight is 292 g/mol. The first kappa shape index (κ1) is 14.2. The van der Waals surface area contributed by atoms with Crippen LogP contribution < -0.4 is 0 Å². The zero-order valence-corrected chi connectivity index (χ0v) is 13.4. The molecule has 7 atom stereocenters. The Bertz CT molecular complexity index is 472. The van der Waals surface area contributed by atoms with Gasteiger partial charge in [0.15, 0.2) is 0 Å². The van der Waals surface area contributed by atoms with Gasteiger partial charge in [0.1, 0.15) is 6.17 Å². The lowest BCUT2D eigenvalue weighted by Gasteiger charge is -2.58. The fraction of sp³-hybridized carbons (Fsp3) is 0.895. The number of alkyl halides is 1. The second kappa shape index (κ2) is 4.57. The Morgan fingerprint density at radius 1 is 1.14 bits per heavy atom. The molecular weight excluding hydrogens is 263 g/mol. The molecule has 0 aromatic rings. The molecule has 0 spiro atoms. The van der Waals surface area contributed by atoms with Crippen LogP contribution in [0.1, 0.15) is 65.2 Å². The summed E-state index contributed by atoms with van der Waals surface area (Å²) in [5.74, 6) is 1.69. The largest absolute Gasteiger partial charge is 0.393 e. The van der Waals surface area contributed by atoms with Crippen LogP contribution in [0.4, 0.5) is 4.39 Å². The summed E-state index contributed by atoms with van der Waals surface area (Å²) < 4.78 is 14.9. The number of fused-ring (bicyclic) bond motifs is 5. The summed E-state index contributed by atoms with van der Waals surface area (Å²) in [5.41, 5.74) is 1.31. The van der Waals surface area contributed by atoms with Crippen molar-refractivity contribution >= 4 is 0 Å². The molecule has 21 heavy (non-hydrogen) atoms. The first-order valence-electron chi connectivity index (χ1n) is 8.99. The predicted octanol–water partition coefficient (Wildman–Crippen LogP) is 4.65. The van der Waals surface area contributed by atoms with Crippen molar-refractivity contribution in [2.45, 2.75) is 77.5 Å². The molecule has 0 saturated heterocycles. The minimum atomic E-state index is -0.725. The summed E-state index contributed by atoms with van der Waals surface area (Å²) in [7, 11) is 0. The number of hydrogen-bond donors (Lipinski definition) is 1. The van der Waals surface area contributed by atoms with Crippen LogP contribution in [0.2, 0.25) is 0 Å². The highest BCUT2D eigenvalue weighted by Crippen LogP contribution is 2.65. The molecule has 0 aromatic heterocycles. The zero-order valence-electron chi connectivity index (χ0n) is 13.4. The summed E-state index contributed by atoms with van der Waals surface area (Å²) in [6.07, 6.45) is 9.90. The van der Waals surface area contributed by atoms with Crippen LogP contribution in [0.3, 0.4) is 0 Å². The van der Waals surface area contributed by atoms with Crippen LogP contribution in [0, 0.1) is 28.6 Å². The van der Waals surface area contributed by atoms with E-state index in [0.717, 1.165) is 37.7 Å². The van der Waals surface area contributed by atoms with Crippen molar-refractivity contribution in [3.8, 4) is 0 Å². The third kappa shape index (κ3) is 1.77. The van der Waals surface area contributed by atoms with E-state index < -0.39 is 6.17 Å². The summed E-state index contributed by atoms with van der Waals surface area (Å²) in [6, 6.07) is 0. The predicted molar refractivity (Wildman–Crippen MR) is 82.6 cm³/mol. The maximum Gasteiger partial charge on any atom is 0.122 e. The number of aliphatic hydroxyl groups excluding tert-OH is 1. The standard InChI is InChI=1S/C19H29FO/c1-18-9-4-3-5-15(18)16(20)11-12-13-6-7-17(21)19(13,2)10-8-14(12)18/h5,12-14,16-17,21H,3-4,6-11H2,1-2H3/t12-,13-,14-,16+,17-,18+,19-/m0/s1. The van der Waals surface area contributed by atoms with Crippen LogP contribution in [0.5, 0.6) is 0 Å². The van der Waals surface area contributed by atoms with Gasteiger partial charge in [-0.3, -0.25) is 0 Å². The van der Waals surface area contributed by atoms with Gasteiger partial charge in [0, 0.05) is 0 Å². The lowest BCUT2D eigenvalue weighted by molar-refractivity contribution is -0.0849. The van der Waals surface area contributed by atoms with E-state index in [1.807, 2.05) is 0 Å². The molecule has 0 unspecified atom stereocenters. The zero-order chi connectivity index (χ0) is 14.8. The molecular formula is C19H29FO. The Kier molecular flexibility index (Phi) is 3.10. The van der Waals surface area contributed by atoms with Crippen molar-refractivity contribution in [1.29, 1.82) is 0 Å². The van der Waals surface area contributed by atoms with Crippen molar-refractivity contribution in [2.75, 3.05) is 0 Å². The molecule has 0 aliphatic heterocycles. The highest BCUT2D eigenvalue weighted by molar-refractivity contribution is 5.27. The number of aliphatic hydroxyl groups is 1. The van der Waals surface area contributed by atoms with E-state index in [4.69, 9.17) is 0 Å². The highest BCUT2D eigenvalue weighted by Gasteiger charge is 2.60. The quantitative estimate of drug-likeness (QED) is 0.644. The summed E-state index contributed by atoms with van der Waals surface area (Å²) in [5, 5.41) is 10.4. The molecule has 0 radical (unpaired) electrons. The normalized spacial score (nSPS) is 56.2. The number of hydrogen-bond acceptors (Lipinski definition) is 1. The minimum absolute atomic E-state index is 0.0626. The maximum atomic E-state index is 14.9. The third-order valence-corrected chi connectivity index (χ3v) is 7.95. The molecule has 118 valence electrons. The highest BCUT2D eigenvalue weighted by atomic mass is 19.1. The lowest BCUT2D eigenvalue weighted by atomic mass is 9.47. The van der Waals surface area contributed by atoms with Crippen LogP contribution in [0.15, 0.2) is 11.6 Å². The Labute approximate surface area is 128 Å². The molecule has 2 heteroatoms. The average Bonchev–Trinajstić information content (AvgIpc) is 2.75. The van der Waals surface area contributed by atoms with Gasteiger partial charge in [-0.2, -0.15) is 0 Å². The molecule has 4 aliphatic rings. The van der Waals surface area contributed by atoms with E-state index in [0.29, 0.717) is 17.8 Å². The van der Waals surface area contributed by atoms with E-state index in [1.54, 1.807) is 0 Å². The Morgan fingerprint density at radius 3 is 2.76 bits per heavy atom. The van der Waals surface area contributed by atoms with Crippen LogP contribution in [-0.4, -0.2) is 17.4 Å². The van der Waals surface area contributed by atoms with Gasteiger partial charge in [0.05, 0.1) is 6.10 Å². The van der Waals surface area contributed by atoms with Crippen molar-refractivity contribution < 1.29 is 9.50 Å². The van der Waals surface area contributed by atoms with Crippen LogP contribution in [-0.2, 0) is 0 Å². The second-order valence-corrected chi connectivity index (χ2v) is 8.69. The minimum Gasteiger partial charge on any atom is -0.393 e. The van der Waals surface area contributed by atoms with Crippen molar-refractivity contribution in [3.05, 3.63) is 11.6 Å². The number of allylic oxidation sites excluding steroid dienone is 2. The van der Waals surface area contributed by atoms with Crippen LogP contribution in [0.25, 0.3) is 0 Å². The van der Waals surface area contributed by atoms with Crippen LogP contribution >= 0.6 is 0 Å².